The minimum atomic E-state index is -0.564. The van der Waals surface area contributed by atoms with E-state index < -0.39 is 11.7 Å². The highest BCUT2D eigenvalue weighted by molar-refractivity contribution is 8.05. The van der Waals surface area contributed by atoms with Crippen LogP contribution >= 0.6 is 23.5 Å². The fourth-order valence-corrected chi connectivity index (χ4v) is 7.30. The number of nitrogens with zero attached hydrogens (tertiary/aromatic N) is 2. The van der Waals surface area contributed by atoms with E-state index in [0.29, 0.717) is 31.4 Å². The third-order valence-corrected chi connectivity index (χ3v) is 9.58. The van der Waals surface area contributed by atoms with Gasteiger partial charge in [0.2, 0.25) is 5.88 Å². The van der Waals surface area contributed by atoms with Gasteiger partial charge in [-0.25, -0.2) is 9.78 Å². The first kappa shape index (κ1) is 30.2. The van der Waals surface area contributed by atoms with Crippen molar-refractivity contribution in [2.75, 3.05) is 43.6 Å². The molecular weight excluding hydrogens is 595 g/mol. The molecule has 1 aromatic heterocycles. The van der Waals surface area contributed by atoms with Crippen LogP contribution in [-0.4, -0.2) is 50.1 Å². The molecular formula is C34H35N3O5S2. The van der Waals surface area contributed by atoms with Gasteiger partial charge in [-0.05, 0) is 68.8 Å². The van der Waals surface area contributed by atoms with Gasteiger partial charge in [0.05, 0.1) is 26.0 Å². The Morgan fingerprint density at radius 2 is 1.75 bits per heavy atom. The fraction of sp³-hybridized carbons (Fsp3) is 0.294. The van der Waals surface area contributed by atoms with Gasteiger partial charge in [-0.1, -0.05) is 47.8 Å². The molecule has 2 aliphatic rings. The predicted octanol–water partition coefficient (Wildman–Crippen LogP) is 8.14. The number of benzene rings is 3. The number of morpholine rings is 1. The number of pyridine rings is 1. The molecule has 0 spiro atoms. The SMILES string of the molecule is COc1ccc(COc2cc(N3CCOCC3)cc(-c3cccc4c3Sc3ccc(NC(=O)OC(C)(C)C)cc3S4)n2)cc1. The molecule has 1 saturated heterocycles. The Bertz CT molecular complexity index is 1650. The third-order valence-electron chi connectivity index (χ3n) is 6.98. The van der Waals surface area contributed by atoms with Crippen LogP contribution in [0.4, 0.5) is 16.2 Å². The summed E-state index contributed by atoms with van der Waals surface area (Å²) in [5, 5.41) is 2.86. The molecule has 0 radical (unpaired) electrons. The monoisotopic (exact) mass is 629 g/mol. The molecule has 0 aliphatic carbocycles. The van der Waals surface area contributed by atoms with E-state index in [-0.39, 0.29) is 0 Å². The maximum absolute atomic E-state index is 12.3. The maximum atomic E-state index is 12.3. The molecule has 0 saturated carbocycles. The van der Waals surface area contributed by atoms with E-state index in [1.165, 1.54) is 0 Å². The van der Waals surface area contributed by atoms with Crippen LogP contribution in [0.5, 0.6) is 11.6 Å². The molecule has 0 unspecified atom stereocenters. The quantitative estimate of drug-likeness (QED) is 0.192. The summed E-state index contributed by atoms with van der Waals surface area (Å²) in [6.45, 7) is 8.94. The van der Waals surface area contributed by atoms with E-state index >= 15 is 0 Å². The summed E-state index contributed by atoms with van der Waals surface area (Å²) in [5.74, 6) is 1.38. The molecule has 10 heteroatoms. The number of fused-ring (bicyclic) bond motifs is 2. The van der Waals surface area contributed by atoms with Gasteiger partial charge < -0.3 is 23.8 Å². The minimum Gasteiger partial charge on any atom is -0.497 e. The summed E-state index contributed by atoms with van der Waals surface area (Å²) >= 11 is 3.40. The van der Waals surface area contributed by atoms with E-state index in [9.17, 15) is 4.79 Å². The zero-order valence-corrected chi connectivity index (χ0v) is 26.8. The van der Waals surface area contributed by atoms with Crippen molar-refractivity contribution in [2.24, 2.45) is 0 Å². The molecule has 0 atom stereocenters. The van der Waals surface area contributed by atoms with Crippen LogP contribution in [0.2, 0.25) is 0 Å². The van der Waals surface area contributed by atoms with Gasteiger partial charge in [0.15, 0.2) is 0 Å². The Kier molecular flexibility index (Phi) is 8.93. The molecule has 0 bridgehead atoms. The zero-order valence-electron chi connectivity index (χ0n) is 25.2. The number of aromatic nitrogens is 1. The Morgan fingerprint density at radius 1 is 0.955 bits per heavy atom. The predicted molar refractivity (Wildman–Crippen MR) is 175 cm³/mol. The lowest BCUT2D eigenvalue weighted by Gasteiger charge is -2.29. The second-order valence-electron chi connectivity index (χ2n) is 11.4. The van der Waals surface area contributed by atoms with Crippen molar-refractivity contribution in [3.05, 3.63) is 78.4 Å². The maximum Gasteiger partial charge on any atom is 0.412 e. The molecule has 6 rings (SSSR count). The second-order valence-corrected chi connectivity index (χ2v) is 13.5. The first-order valence-electron chi connectivity index (χ1n) is 14.5. The number of hydrogen-bond donors (Lipinski definition) is 1. The third kappa shape index (κ3) is 7.26. The lowest BCUT2D eigenvalue weighted by Crippen LogP contribution is -2.36. The number of hydrogen-bond acceptors (Lipinski definition) is 9. The zero-order chi connectivity index (χ0) is 30.7. The number of methoxy groups -OCH3 is 1. The lowest BCUT2D eigenvalue weighted by atomic mass is 10.1. The lowest BCUT2D eigenvalue weighted by molar-refractivity contribution is 0.0636. The van der Waals surface area contributed by atoms with Crippen molar-refractivity contribution < 1.29 is 23.7 Å². The Balaban J connectivity index is 1.28. The van der Waals surface area contributed by atoms with Crippen LogP contribution in [0.15, 0.2) is 92.4 Å². The molecule has 8 nitrogen and oxygen atoms in total. The summed E-state index contributed by atoms with van der Waals surface area (Å²) in [6.07, 6.45) is -0.468. The molecule has 3 heterocycles. The number of ether oxygens (including phenoxy) is 4. The first-order valence-corrected chi connectivity index (χ1v) is 16.1. The number of anilines is 2. The van der Waals surface area contributed by atoms with Gasteiger partial charge in [-0.3, -0.25) is 5.32 Å². The molecule has 4 aromatic rings. The topological polar surface area (TPSA) is 82.2 Å². The van der Waals surface area contributed by atoms with Crippen molar-refractivity contribution >= 4 is 41.0 Å². The van der Waals surface area contributed by atoms with Crippen LogP contribution in [0, 0.1) is 0 Å². The van der Waals surface area contributed by atoms with Crippen molar-refractivity contribution in [3.8, 4) is 22.9 Å². The Labute approximate surface area is 266 Å². The van der Waals surface area contributed by atoms with Crippen molar-refractivity contribution in [1.82, 2.24) is 4.98 Å². The second kappa shape index (κ2) is 13.0. The average Bonchev–Trinajstić information content (AvgIpc) is 3.02. The van der Waals surface area contributed by atoms with Crippen LogP contribution in [0.25, 0.3) is 11.3 Å². The van der Waals surface area contributed by atoms with Gasteiger partial charge in [0, 0.05) is 55.7 Å². The number of carbonyl (C=O) groups is 1. The highest BCUT2D eigenvalue weighted by Crippen LogP contribution is 2.52. The van der Waals surface area contributed by atoms with Gasteiger partial charge in [0.1, 0.15) is 18.0 Å². The Hall–Kier alpha value is -3.86. The summed E-state index contributed by atoms with van der Waals surface area (Å²) in [4.78, 5) is 24.1. The number of carbonyl (C=O) groups excluding carboxylic acids is 1. The highest BCUT2D eigenvalue weighted by atomic mass is 32.2. The normalized spacial score (nSPS) is 14.3. The van der Waals surface area contributed by atoms with Crippen molar-refractivity contribution in [1.29, 1.82) is 0 Å². The summed E-state index contributed by atoms with van der Waals surface area (Å²) in [5.41, 5.74) is 4.14. The summed E-state index contributed by atoms with van der Waals surface area (Å²) in [7, 11) is 1.66. The van der Waals surface area contributed by atoms with Gasteiger partial charge in [0.25, 0.3) is 0 Å². The van der Waals surface area contributed by atoms with Crippen LogP contribution in [0.3, 0.4) is 0 Å². The standard InChI is InChI=1S/C34H35N3O5S2/c1-34(2,3)42-33(38)35-23-10-13-28-30(18-23)43-29-7-5-6-26(32(29)44-28)27-19-24(37-14-16-40-17-15-37)20-31(36-27)41-21-22-8-11-25(39-4)12-9-22/h5-13,18-20H,14-17,21H2,1-4H3,(H,35,38). The highest BCUT2D eigenvalue weighted by Gasteiger charge is 2.24. The molecule has 1 N–H and O–H groups in total. The van der Waals surface area contributed by atoms with E-state index in [4.69, 9.17) is 23.9 Å². The van der Waals surface area contributed by atoms with E-state index in [0.717, 1.165) is 60.9 Å². The van der Waals surface area contributed by atoms with Crippen molar-refractivity contribution in [2.45, 2.75) is 52.6 Å². The smallest absolute Gasteiger partial charge is 0.412 e. The van der Waals surface area contributed by atoms with E-state index in [1.54, 1.807) is 30.6 Å². The van der Waals surface area contributed by atoms with Gasteiger partial charge >= 0.3 is 6.09 Å². The Morgan fingerprint density at radius 3 is 2.50 bits per heavy atom. The molecule has 1 amide bonds. The molecule has 44 heavy (non-hydrogen) atoms. The van der Waals surface area contributed by atoms with Gasteiger partial charge in [-0.2, -0.15) is 0 Å². The first-order chi connectivity index (χ1) is 21.2. The minimum absolute atomic E-state index is 0.396. The van der Waals surface area contributed by atoms with Crippen molar-refractivity contribution in [3.63, 3.8) is 0 Å². The van der Waals surface area contributed by atoms with Crippen LogP contribution < -0.4 is 19.7 Å². The number of rotatable bonds is 7. The summed E-state index contributed by atoms with van der Waals surface area (Å²) < 4.78 is 22.6. The van der Waals surface area contributed by atoms with Gasteiger partial charge in [-0.15, -0.1) is 0 Å². The van der Waals surface area contributed by atoms with Crippen LogP contribution in [-0.2, 0) is 16.1 Å². The average molecular weight is 630 g/mol. The molecule has 3 aromatic carbocycles. The number of amides is 1. The molecule has 1 fully saturated rings. The number of nitrogens with one attached hydrogen (secondary N) is 1. The summed E-state index contributed by atoms with van der Waals surface area (Å²) in [6, 6.07) is 24.3. The van der Waals surface area contributed by atoms with E-state index in [1.807, 2.05) is 69.3 Å². The molecule has 2 aliphatic heterocycles. The fourth-order valence-electron chi connectivity index (χ4n) is 4.89. The molecule has 228 valence electrons. The van der Waals surface area contributed by atoms with E-state index in [2.05, 4.69) is 34.5 Å². The van der Waals surface area contributed by atoms with Crippen LogP contribution in [0.1, 0.15) is 26.3 Å². The largest absolute Gasteiger partial charge is 0.497 e.